The Morgan fingerprint density at radius 1 is 1.56 bits per heavy atom. The molecular weight excluding hydrogens is 257 g/mol. The zero-order valence-corrected chi connectivity index (χ0v) is 10.8. The highest BCUT2D eigenvalue weighted by molar-refractivity contribution is 7.84. The first kappa shape index (κ1) is 14.6. The van der Waals surface area contributed by atoms with Crippen LogP contribution in [0, 0.1) is 5.82 Å². The molecule has 5 nitrogen and oxygen atoms in total. The summed E-state index contributed by atoms with van der Waals surface area (Å²) in [5.74, 6) is -0.0389. The maximum Gasteiger partial charge on any atom is 0.170 e. The van der Waals surface area contributed by atoms with E-state index in [1.54, 1.807) is 12.3 Å². The summed E-state index contributed by atoms with van der Waals surface area (Å²) in [6.45, 7) is 1.01. The minimum absolute atomic E-state index is 0.134. The Morgan fingerprint density at radius 2 is 2.28 bits per heavy atom. The van der Waals surface area contributed by atoms with Gasteiger partial charge in [-0.15, -0.1) is 0 Å². The van der Waals surface area contributed by atoms with Crippen LogP contribution in [0.15, 0.2) is 23.4 Å². The quantitative estimate of drug-likeness (QED) is 0.230. The third-order valence-corrected chi connectivity index (χ3v) is 3.04. The number of rotatable bonds is 6. The maximum absolute atomic E-state index is 13.3. The Bertz CT molecular complexity index is 466. The van der Waals surface area contributed by atoms with Crippen molar-refractivity contribution in [1.82, 2.24) is 5.32 Å². The SMILES string of the molecule is CS(=O)CCNCc1cc(F)cc(/C(N)=N/O)c1. The van der Waals surface area contributed by atoms with Crippen molar-refractivity contribution < 1.29 is 13.8 Å². The van der Waals surface area contributed by atoms with Gasteiger partial charge in [-0.25, -0.2) is 4.39 Å². The van der Waals surface area contributed by atoms with Gasteiger partial charge in [0.05, 0.1) is 0 Å². The van der Waals surface area contributed by atoms with Gasteiger partial charge in [-0.2, -0.15) is 0 Å². The lowest BCUT2D eigenvalue weighted by atomic mass is 10.1. The fourth-order valence-corrected chi connectivity index (χ4v) is 1.84. The fourth-order valence-electron chi connectivity index (χ4n) is 1.41. The lowest BCUT2D eigenvalue weighted by molar-refractivity contribution is 0.318. The van der Waals surface area contributed by atoms with Crippen LogP contribution in [0.5, 0.6) is 0 Å². The van der Waals surface area contributed by atoms with Crippen LogP contribution in [0.2, 0.25) is 0 Å². The van der Waals surface area contributed by atoms with Crippen molar-refractivity contribution in [3.8, 4) is 0 Å². The Hall–Kier alpha value is -1.47. The number of halogens is 1. The van der Waals surface area contributed by atoms with E-state index in [4.69, 9.17) is 10.9 Å². The second kappa shape index (κ2) is 7.07. The predicted octanol–water partition coefficient (Wildman–Crippen LogP) is 0.388. The van der Waals surface area contributed by atoms with E-state index in [0.717, 1.165) is 0 Å². The second-order valence-corrected chi connectivity index (χ2v) is 5.34. The summed E-state index contributed by atoms with van der Waals surface area (Å²) in [6.07, 6.45) is 1.63. The second-order valence-electron chi connectivity index (χ2n) is 3.79. The smallest absolute Gasteiger partial charge is 0.170 e. The number of nitrogens with zero attached hydrogens (tertiary/aromatic N) is 1. The molecule has 0 amide bonds. The average molecular weight is 273 g/mol. The number of nitrogens with one attached hydrogen (secondary N) is 1. The number of amidine groups is 1. The maximum atomic E-state index is 13.3. The van der Waals surface area contributed by atoms with Gasteiger partial charge in [0, 0.05) is 41.5 Å². The molecule has 0 bridgehead atoms. The van der Waals surface area contributed by atoms with Gasteiger partial charge in [-0.05, 0) is 23.8 Å². The molecule has 1 unspecified atom stereocenters. The number of hydrogen-bond donors (Lipinski definition) is 3. The van der Waals surface area contributed by atoms with Crippen molar-refractivity contribution in [2.24, 2.45) is 10.9 Å². The number of hydrogen-bond acceptors (Lipinski definition) is 4. The van der Waals surface area contributed by atoms with Gasteiger partial charge in [0.1, 0.15) is 5.82 Å². The lowest BCUT2D eigenvalue weighted by Crippen LogP contribution is -2.20. The van der Waals surface area contributed by atoms with Crippen LogP contribution < -0.4 is 11.1 Å². The highest BCUT2D eigenvalue weighted by Gasteiger charge is 2.04. The zero-order chi connectivity index (χ0) is 13.5. The van der Waals surface area contributed by atoms with E-state index >= 15 is 0 Å². The molecule has 0 aliphatic heterocycles. The summed E-state index contributed by atoms with van der Waals surface area (Å²) in [6, 6.07) is 4.19. The molecule has 100 valence electrons. The Morgan fingerprint density at radius 3 is 2.89 bits per heavy atom. The molecule has 7 heteroatoms. The highest BCUT2D eigenvalue weighted by atomic mass is 32.2. The van der Waals surface area contributed by atoms with E-state index < -0.39 is 16.6 Å². The van der Waals surface area contributed by atoms with E-state index in [1.807, 2.05) is 0 Å². The van der Waals surface area contributed by atoms with Crippen LogP contribution >= 0.6 is 0 Å². The molecule has 0 saturated heterocycles. The molecular formula is C11H16FN3O2S. The summed E-state index contributed by atoms with van der Waals surface area (Å²) in [7, 11) is -0.850. The van der Waals surface area contributed by atoms with E-state index in [-0.39, 0.29) is 5.84 Å². The third-order valence-electron chi connectivity index (χ3n) is 2.26. The Balaban J connectivity index is 2.66. The normalized spacial score (nSPS) is 13.6. The monoisotopic (exact) mass is 273 g/mol. The Kier molecular flexibility index (Phi) is 5.73. The summed E-state index contributed by atoms with van der Waals surface area (Å²) in [4.78, 5) is 0. The summed E-state index contributed by atoms with van der Waals surface area (Å²) >= 11 is 0. The van der Waals surface area contributed by atoms with Crippen LogP contribution in [0.3, 0.4) is 0 Å². The van der Waals surface area contributed by atoms with E-state index in [9.17, 15) is 8.60 Å². The summed E-state index contributed by atoms with van der Waals surface area (Å²) < 4.78 is 24.1. The Labute approximate surface area is 107 Å². The first-order valence-corrected chi connectivity index (χ1v) is 7.03. The standard InChI is InChI=1S/C11H16FN3O2S/c1-18(17)3-2-14-7-8-4-9(11(13)15-16)6-10(12)5-8/h4-6,14,16H,2-3,7H2,1H3,(H2,13,15). The van der Waals surface area contributed by atoms with Gasteiger partial charge < -0.3 is 16.3 Å². The zero-order valence-electron chi connectivity index (χ0n) is 10.0. The molecule has 1 atom stereocenters. The molecule has 0 fully saturated rings. The number of oxime groups is 1. The molecule has 1 aromatic carbocycles. The van der Waals surface area contributed by atoms with Crippen LogP contribution in [0.25, 0.3) is 0 Å². The molecule has 0 radical (unpaired) electrons. The predicted molar refractivity (Wildman–Crippen MR) is 69.6 cm³/mol. The van der Waals surface area contributed by atoms with Crippen molar-refractivity contribution >= 4 is 16.6 Å². The molecule has 1 rings (SSSR count). The van der Waals surface area contributed by atoms with E-state index in [0.29, 0.717) is 30.0 Å². The fraction of sp³-hybridized carbons (Fsp3) is 0.364. The molecule has 18 heavy (non-hydrogen) atoms. The van der Waals surface area contributed by atoms with Crippen molar-refractivity contribution in [3.05, 3.63) is 35.1 Å². The minimum Gasteiger partial charge on any atom is -0.409 e. The van der Waals surface area contributed by atoms with Crippen molar-refractivity contribution in [2.75, 3.05) is 18.6 Å². The molecule has 0 saturated carbocycles. The molecule has 0 aliphatic carbocycles. The topological polar surface area (TPSA) is 87.7 Å². The first-order valence-electron chi connectivity index (χ1n) is 5.31. The molecule has 0 spiro atoms. The third kappa shape index (κ3) is 4.80. The minimum atomic E-state index is -0.850. The molecule has 0 aliphatic rings. The molecule has 4 N–H and O–H groups in total. The van der Waals surface area contributed by atoms with Crippen LogP contribution in [0.4, 0.5) is 4.39 Å². The molecule has 1 aromatic rings. The van der Waals surface area contributed by atoms with Crippen molar-refractivity contribution in [1.29, 1.82) is 0 Å². The van der Waals surface area contributed by atoms with Gasteiger partial charge in [0.2, 0.25) is 0 Å². The van der Waals surface area contributed by atoms with Gasteiger partial charge in [0.15, 0.2) is 5.84 Å². The van der Waals surface area contributed by atoms with E-state index in [2.05, 4.69) is 10.5 Å². The molecule has 0 aromatic heterocycles. The van der Waals surface area contributed by atoms with Gasteiger partial charge >= 0.3 is 0 Å². The highest BCUT2D eigenvalue weighted by Crippen LogP contribution is 2.09. The van der Waals surface area contributed by atoms with Crippen molar-refractivity contribution in [3.63, 3.8) is 0 Å². The average Bonchev–Trinajstić information content (AvgIpc) is 2.32. The van der Waals surface area contributed by atoms with Crippen LogP contribution in [-0.4, -0.2) is 33.8 Å². The van der Waals surface area contributed by atoms with Crippen molar-refractivity contribution in [2.45, 2.75) is 6.54 Å². The lowest BCUT2D eigenvalue weighted by Gasteiger charge is -2.06. The van der Waals surface area contributed by atoms with Crippen LogP contribution in [-0.2, 0) is 17.3 Å². The summed E-state index contributed by atoms with van der Waals surface area (Å²) in [5, 5.41) is 14.4. The first-order chi connectivity index (χ1) is 8.52. The van der Waals surface area contributed by atoms with E-state index in [1.165, 1.54) is 12.1 Å². The number of benzene rings is 1. The number of nitrogens with two attached hydrogens (primary N) is 1. The van der Waals surface area contributed by atoms with Gasteiger partial charge in [-0.1, -0.05) is 5.16 Å². The largest absolute Gasteiger partial charge is 0.409 e. The summed E-state index contributed by atoms with van der Waals surface area (Å²) in [5.41, 5.74) is 6.41. The van der Waals surface area contributed by atoms with Gasteiger partial charge in [0.25, 0.3) is 0 Å². The van der Waals surface area contributed by atoms with Crippen LogP contribution in [0.1, 0.15) is 11.1 Å². The molecule has 0 heterocycles. The van der Waals surface area contributed by atoms with Gasteiger partial charge in [-0.3, -0.25) is 4.21 Å².